The van der Waals surface area contributed by atoms with Crippen molar-refractivity contribution >= 4 is 39.8 Å². The van der Waals surface area contributed by atoms with E-state index in [0.29, 0.717) is 30.2 Å². The lowest BCUT2D eigenvalue weighted by Crippen LogP contribution is -2.36. The number of nitrogens with one attached hydrogen (secondary N) is 2. The molecule has 0 amide bonds. The number of para-hydroxylation sites is 1. The third-order valence-electron chi connectivity index (χ3n) is 4.03. The summed E-state index contributed by atoms with van der Waals surface area (Å²) in [6.07, 6.45) is 2.83. The van der Waals surface area contributed by atoms with E-state index in [9.17, 15) is 12.8 Å². The molecule has 0 bridgehead atoms. The molecular formula is C21H27FIN3O3S. The average molecular weight is 547 g/mol. The van der Waals surface area contributed by atoms with E-state index < -0.39 is 15.7 Å². The number of nitrogens with zero attached hydrogens (tertiary/aromatic N) is 1. The maximum absolute atomic E-state index is 13.7. The van der Waals surface area contributed by atoms with Crippen LogP contribution in [0.3, 0.4) is 0 Å². The molecule has 2 rings (SSSR count). The van der Waals surface area contributed by atoms with Crippen LogP contribution >= 0.6 is 24.0 Å². The van der Waals surface area contributed by atoms with E-state index in [1.807, 2.05) is 24.3 Å². The molecular weight excluding hydrogens is 520 g/mol. The predicted octanol–water partition coefficient (Wildman–Crippen LogP) is 3.42. The lowest BCUT2D eigenvalue weighted by molar-refractivity contribution is 0.358. The number of guanidine groups is 1. The van der Waals surface area contributed by atoms with E-state index in [2.05, 4.69) is 22.2 Å². The van der Waals surface area contributed by atoms with Gasteiger partial charge in [0.1, 0.15) is 18.2 Å². The molecule has 0 heterocycles. The number of hydrogen-bond donors (Lipinski definition) is 2. The third-order valence-corrected chi connectivity index (χ3v) is 4.87. The van der Waals surface area contributed by atoms with Gasteiger partial charge in [0.2, 0.25) is 0 Å². The van der Waals surface area contributed by atoms with E-state index in [1.54, 1.807) is 13.1 Å². The van der Waals surface area contributed by atoms with Crippen molar-refractivity contribution in [2.24, 2.45) is 4.99 Å². The van der Waals surface area contributed by atoms with Crippen molar-refractivity contribution < 1.29 is 17.5 Å². The third kappa shape index (κ3) is 8.70. The summed E-state index contributed by atoms with van der Waals surface area (Å²) in [5.74, 6) is 0.675. The lowest BCUT2D eigenvalue weighted by atomic mass is 10.1. The van der Waals surface area contributed by atoms with Gasteiger partial charge in [0.05, 0.1) is 5.75 Å². The minimum Gasteiger partial charge on any atom is -0.489 e. The maximum atomic E-state index is 13.7. The molecule has 9 heteroatoms. The fourth-order valence-electron chi connectivity index (χ4n) is 2.70. The Hall–Kier alpha value is -2.14. The van der Waals surface area contributed by atoms with Crippen LogP contribution in [-0.2, 0) is 28.7 Å². The first-order valence-corrected chi connectivity index (χ1v) is 11.1. The summed E-state index contributed by atoms with van der Waals surface area (Å²) < 4.78 is 42.6. The Morgan fingerprint density at radius 2 is 1.80 bits per heavy atom. The first kappa shape index (κ1) is 25.9. The molecule has 0 radical (unpaired) electrons. The van der Waals surface area contributed by atoms with E-state index >= 15 is 0 Å². The number of rotatable bonds is 9. The summed E-state index contributed by atoms with van der Waals surface area (Å²) in [4.78, 5) is 4.16. The minimum atomic E-state index is -3.23. The smallest absolute Gasteiger partial charge is 0.191 e. The molecule has 2 N–H and O–H groups in total. The molecule has 2 aromatic carbocycles. The minimum absolute atomic E-state index is 0. The van der Waals surface area contributed by atoms with E-state index in [-0.39, 0.29) is 36.3 Å². The van der Waals surface area contributed by atoms with Crippen LogP contribution in [0.25, 0.3) is 0 Å². The number of aliphatic imine (C=N–C) groups is 1. The monoisotopic (exact) mass is 547 g/mol. The number of hydrogen-bond acceptors (Lipinski definition) is 4. The first-order chi connectivity index (χ1) is 13.8. The SMILES string of the molecule is C=CCOc1ccccc1CNC(=NC)NCc1cc(F)ccc1CS(C)(=O)=O.I. The van der Waals surface area contributed by atoms with Crippen LogP contribution in [0.5, 0.6) is 5.75 Å². The lowest BCUT2D eigenvalue weighted by Gasteiger charge is -2.16. The second kappa shape index (κ2) is 12.5. The second-order valence-corrected chi connectivity index (χ2v) is 8.61. The number of benzene rings is 2. The van der Waals surface area contributed by atoms with Crippen LogP contribution < -0.4 is 15.4 Å². The highest BCUT2D eigenvalue weighted by Gasteiger charge is 2.11. The van der Waals surface area contributed by atoms with Crippen LogP contribution in [0.4, 0.5) is 4.39 Å². The average Bonchev–Trinajstić information content (AvgIpc) is 2.68. The Balaban J connectivity index is 0.00000450. The predicted molar refractivity (Wildman–Crippen MR) is 130 cm³/mol. The van der Waals surface area contributed by atoms with Crippen molar-refractivity contribution in [3.63, 3.8) is 0 Å². The molecule has 0 atom stereocenters. The number of halogens is 2. The number of sulfone groups is 1. The molecule has 0 aliphatic rings. The van der Waals surface area contributed by atoms with Gasteiger partial charge in [0.15, 0.2) is 15.8 Å². The van der Waals surface area contributed by atoms with Crippen molar-refractivity contribution in [2.45, 2.75) is 18.8 Å². The highest BCUT2D eigenvalue weighted by Crippen LogP contribution is 2.18. The Bertz CT molecular complexity index is 981. The van der Waals surface area contributed by atoms with Crippen molar-refractivity contribution in [3.05, 3.63) is 77.6 Å². The Morgan fingerprint density at radius 1 is 1.13 bits per heavy atom. The molecule has 0 saturated carbocycles. The van der Waals surface area contributed by atoms with Gasteiger partial charge in [0.25, 0.3) is 0 Å². The van der Waals surface area contributed by atoms with Gasteiger partial charge < -0.3 is 15.4 Å². The topological polar surface area (TPSA) is 79.8 Å². The van der Waals surface area contributed by atoms with Gasteiger partial charge in [-0.15, -0.1) is 24.0 Å². The molecule has 0 aromatic heterocycles. The maximum Gasteiger partial charge on any atom is 0.191 e. The Kier molecular flexibility index (Phi) is 10.8. The van der Waals surface area contributed by atoms with E-state index in [0.717, 1.165) is 17.6 Å². The fraction of sp³-hybridized carbons (Fsp3) is 0.286. The van der Waals surface area contributed by atoms with Crippen LogP contribution in [-0.4, -0.2) is 34.3 Å². The standard InChI is InChI=1S/C21H26FN3O3S.HI/c1-4-11-28-20-8-6-5-7-16(20)13-24-21(23-2)25-14-18-12-19(22)10-9-17(18)15-29(3,26)27;/h4-10,12H,1,11,13-15H2,2-3H3,(H2,23,24,25);1H. The fourth-order valence-corrected chi connectivity index (χ4v) is 3.55. The molecule has 0 aliphatic heterocycles. The Labute approximate surface area is 194 Å². The zero-order valence-electron chi connectivity index (χ0n) is 17.0. The molecule has 0 saturated heterocycles. The van der Waals surface area contributed by atoms with Crippen molar-refractivity contribution in [1.29, 1.82) is 0 Å². The van der Waals surface area contributed by atoms with Crippen LogP contribution in [0, 0.1) is 5.82 Å². The zero-order valence-corrected chi connectivity index (χ0v) is 20.2. The van der Waals surface area contributed by atoms with Gasteiger partial charge in [-0.25, -0.2) is 12.8 Å². The summed E-state index contributed by atoms with van der Waals surface area (Å²) in [5, 5.41) is 6.27. The molecule has 2 aromatic rings. The highest BCUT2D eigenvalue weighted by atomic mass is 127. The quantitative estimate of drug-likeness (QED) is 0.218. The summed E-state index contributed by atoms with van der Waals surface area (Å²) in [6.45, 7) is 4.75. The normalized spacial score (nSPS) is 11.4. The summed E-state index contributed by atoms with van der Waals surface area (Å²) in [5.41, 5.74) is 2.06. The molecule has 0 spiro atoms. The Morgan fingerprint density at radius 3 is 2.43 bits per heavy atom. The molecule has 0 unspecified atom stereocenters. The van der Waals surface area contributed by atoms with Gasteiger partial charge in [-0.1, -0.05) is 36.9 Å². The highest BCUT2D eigenvalue weighted by molar-refractivity contribution is 14.0. The molecule has 0 fully saturated rings. The molecule has 164 valence electrons. The van der Waals surface area contributed by atoms with Crippen molar-refractivity contribution in [3.8, 4) is 5.75 Å². The van der Waals surface area contributed by atoms with E-state index in [1.165, 1.54) is 18.2 Å². The first-order valence-electron chi connectivity index (χ1n) is 9.03. The van der Waals surface area contributed by atoms with Gasteiger partial charge in [-0.2, -0.15) is 0 Å². The van der Waals surface area contributed by atoms with Crippen LogP contribution in [0.2, 0.25) is 0 Å². The zero-order chi connectivity index (χ0) is 21.3. The summed E-state index contributed by atoms with van der Waals surface area (Å²) in [6, 6.07) is 11.7. The van der Waals surface area contributed by atoms with Gasteiger partial charge >= 0.3 is 0 Å². The second-order valence-electron chi connectivity index (χ2n) is 6.47. The van der Waals surface area contributed by atoms with Crippen molar-refractivity contribution in [2.75, 3.05) is 19.9 Å². The van der Waals surface area contributed by atoms with Gasteiger partial charge in [0, 0.05) is 32.0 Å². The van der Waals surface area contributed by atoms with Crippen LogP contribution in [0.15, 0.2) is 60.1 Å². The molecule has 30 heavy (non-hydrogen) atoms. The van der Waals surface area contributed by atoms with Crippen LogP contribution in [0.1, 0.15) is 16.7 Å². The number of ether oxygens (including phenoxy) is 1. The van der Waals surface area contributed by atoms with E-state index in [4.69, 9.17) is 4.74 Å². The summed E-state index contributed by atoms with van der Waals surface area (Å²) in [7, 11) is -1.61. The largest absolute Gasteiger partial charge is 0.489 e. The summed E-state index contributed by atoms with van der Waals surface area (Å²) >= 11 is 0. The van der Waals surface area contributed by atoms with Gasteiger partial charge in [-0.05, 0) is 29.3 Å². The molecule has 0 aliphatic carbocycles. The van der Waals surface area contributed by atoms with Crippen molar-refractivity contribution in [1.82, 2.24) is 10.6 Å². The van der Waals surface area contributed by atoms with Gasteiger partial charge in [-0.3, -0.25) is 4.99 Å². The molecule has 6 nitrogen and oxygen atoms in total.